The summed E-state index contributed by atoms with van der Waals surface area (Å²) in [5.41, 5.74) is 0. The number of carbonyl (C=O) groups is 2. The largest absolute Gasteiger partial charge is 0.291 e. The zero-order valence-electron chi connectivity index (χ0n) is 4.81. The molecule has 0 radical (unpaired) electrons. The van der Waals surface area contributed by atoms with Crippen LogP contribution in [0.5, 0.6) is 0 Å². The highest BCUT2D eigenvalue weighted by molar-refractivity contribution is 6.44. The lowest BCUT2D eigenvalue weighted by Crippen LogP contribution is -2.36. The average Bonchev–Trinajstić information content (AvgIpc) is 1.81. The molecular weight excluding hydrogens is 104 g/mol. The summed E-state index contributed by atoms with van der Waals surface area (Å²) in [5.74, 6) is -0.271. The van der Waals surface area contributed by atoms with Crippen molar-refractivity contribution in [2.24, 2.45) is 5.92 Å². The van der Waals surface area contributed by atoms with E-state index in [0.717, 1.165) is 6.42 Å². The smallest absolute Gasteiger partial charge is 0.201 e. The molecule has 0 spiro atoms. The second kappa shape index (κ2) is 1.69. The van der Waals surface area contributed by atoms with Gasteiger partial charge in [0.1, 0.15) is 0 Å². The second-order valence-corrected chi connectivity index (χ2v) is 2.10. The quantitative estimate of drug-likeness (QED) is 0.464. The maximum atomic E-state index is 10.4. The topological polar surface area (TPSA) is 34.1 Å². The van der Waals surface area contributed by atoms with Gasteiger partial charge in [-0.15, -0.1) is 0 Å². The van der Waals surface area contributed by atoms with Crippen molar-refractivity contribution < 1.29 is 9.59 Å². The first-order valence-corrected chi connectivity index (χ1v) is 2.82. The van der Waals surface area contributed by atoms with E-state index in [9.17, 15) is 9.59 Å². The number of carbonyl (C=O) groups excluding carboxylic acids is 2. The number of hydrogen-bond acceptors (Lipinski definition) is 2. The number of rotatable bonds is 1. The van der Waals surface area contributed by atoms with Gasteiger partial charge in [0.25, 0.3) is 0 Å². The Hall–Kier alpha value is -0.660. The minimum atomic E-state index is -0.183. The van der Waals surface area contributed by atoms with Crippen LogP contribution in [-0.4, -0.2) is 11.6 Å². The summed E-state index contributed by atoms with van der Waals surface area (Å²) in [6, 6.07) is 0. The molecule has 1 aliphatic rings. The Morgan fingerprint density at radius 3 is 2.38 bits per heavy atom. The fourth-order valence-corrected chi connectivity index (χ4v) is 0.843. The summed E-state index contributed by atoms with van der Waals surface area (Å²) in [7, 11) is 0. The van der Waals surface area contributed by atoms with E-state index in [-0.39, 0.29) is 17.5 Å². The van der Waals surface area contributed by atoms with Crippen molar-refractivity contribution in [3.63, 3.8) is 0 Å². The fraction of sp³-hybridized carbons (Fsp3) is 0.667. The van der Waals surface area contributed by atoms with Crippen molar-refractivity contribution in [2.45, 2.75) is 19.8 Å². The Morgan fingerprint density at radius 2 is 2.25 bits per heavy atom. The van der Waals surface area contributed by atoms with E-state index in [0.29, 0.717) is 6.42 Å². The van der Waals surface area contributed by atoms with Gasteiger partial charge in [-0.3, -0.25) is 9.59 Å². The van der Waals surface area contributed by atoms with Gasteiger partial charge in [0.15, 0.2) is 5.78 Å². The molecule has 0 aromatic rings. The van der Waals surface area contributed by atoms with Crippen LogP contribution in [0.15, 0.2) is 0 Å². The molecule has 1 unspecified atom stereocenters. The lowest BCUT2D eigenvalue weighted by Gasteiger charge is -2.19. The lowest BCUT2D eigenvalue weighted by atomic mass is 9.81. The molecule has 0 aromatic heterocycles. The zero-order chi connectivity index (χ0) is 6.15. The first-order chi connectivity index (χ1) is 3.75. The Labute approximate surface area is 47.9 Å². The molecule has 0 aromatic carbocycles. The molecule has 0 heterocycles. The molecule has 2 heteroatoms. The van der Waals surface area contributed by atoms with Gasteiger partial charge in [-0.2, -0.15) is 0 Å². The Balaban J connectivity index is 2.48. The summed E-state index contributed by atoms with van der Waals surface area (Å²) >= 11 is 0. The van der Waals surface area contributed by atoms with Crippen LogP contribution in [-0.2, 0) is 9.59 Å². The zero-order valence-corrected chi connectivity index (χ0v) is 4.81. The molecule has 8 heavy (non-hydrogen) atoms. The number of hydrogen-bond donors (Lipinski definition) is 0. The van der Waals surface area contributed by atoms with Gasteiger partial charge < -0.3 is 0 Å². The van der Waals surface area contributed by atoms with Crippen LogP contribution in [0, 0.1) is 5.92 Å². The predicted octanol–water partition coefficient (Wildman–Crippen LogP) is 0.554. The third-order valence-electron chi connectivity index (χ3n) is 1.57. The van der Waals surface area contributed by atoms with E-state index in [1.807, 2.05) is 6.92 Å². The Morgan fingerprint density at radius 1 is 1.62 bits per heavy atom. The predicted molar refractivity (Wildman–Crippen MR) is 28.4 cm³/mol. The van der Waals surface area contributed by atoms with Crippen molar-refractivity contribution in [1.82, 2.24) is 0 Å². The Bertz CT molecular complexity index is 137. The second-order valence-electron chi connectivity index (χ2n) is 2.10. The van der Waals surface area contributed by atoms with Crippen molar-refractivity contribution in [2.75, 3.05) is 0 Å². The highest BCUT2D eigenvalue weighted by Crippen LogP contribution is 2.21. The van der Waals surface area contributed by atoms with Crippen LogP contribution in [0.2, 0.25) is 0 Å². The van der Waals surface area contributed by atoms with Crippen LogP contribution < -0.4 is 0 Å². The third-order valence-corrected chi connectivity index (χ3v) is 1.57. The minimum Gasteiger partial charge on any atom is -0.291 e. The summed E-state index contributed by atoms with van der Waals surface area (Å²) < 4.78 is 0. The summed E-state index contributed by atoms with van der Waals surface area (Å²) in [6.45, 7) is 1.93. The molecule has 1 rings (SSSR count). The summed E-state index contributed by atoms with van der Waals surface area (Å²) in [5, 5.41) is 0. The summed E-state index contributed by atoms with van der Waals surface area (Å²) in [4.78, 5) is 20.7. The number of ketones is 2. The fourth-order valence-electron chi connectivity index (χ4n) is 0.843. The first-order valence-electron chi connectivity index (χ1n) is 2.82. The van der Waals surface area contributed by atoms with Gasteiger partial charge >= 0.3 is 0 Å². The van der Waals surface area contributed by atoms with E-state index in [4.69, 9.17) is 0 Å². The minimum absolute atomic E-state index is 0.0718. The molecule has 0 N–H and O–H groups in total. The average molecular weight is 112 g/mol. The van der Waals surface area contributed by atoms with Gasteiger partial charge in [-0.1, -0.05) is 6.92 Å². The molecule has 0 saturated heterocycles. The van der Waals surface area contributed by atoms with Crippen LogP contribution in [0.3, 0.4) is 0 Å². The summed E-state index contributed by atoms with van der Waals surface area (Å²) in [6.07, 6.45) is 1.32. The molecule has 1 fully saturated rings. The van der Waals surface area contributed by atoms with E-state index in [1.165, 1.54) is 0 Å². The standard InChI is InChI=1S/C6H8O2/c1-2-4-3-5(7)6(4)8/h4H,2-3H2,1H3. The maximum Gasteiger partial charge on any atom is 0.201 e. The van der Waals surface area contributed by atoms with Crippen molar-refractivity contribution >= 4 is 11.6 Å². The molecule has 0 aliphatic heterocycles. The molecule has 0 bridgehead atoms. The van der Waals surface area contributed by atoms with Crippen LogP contribution >= 0.6 is 0 Å². The van der Waals surface area contributed by atoms with E-state index < -0.39 is 0 Å². The van der Waals surface area contributed by atoms with Gasteiger partial charge in [0.2, 0.25) is 5.78 Å². The molecule has 44 valence electrons. The van der Waals surface area contributed by atoms with Crippen molar-refractivity contribution in [1.29, 1.82) is 0 Å². The first kappa shape index (κ1) is 5.48. The van der Waals surface area contributed by atoms with Gasteiger partial charge in [-0.25, -0.2) is 0 Å². The molecule has 1 aliphatic carbocycles. The third kappa shape index (κ3) is 0.565. The van der Waals surface area contributed by atoms with Gasteiger partial charge in [0, 0.05) is 12.3 Å². The maximum absolute atomic E-state index is 10.4. The van der Waals surface area contributed by atoms with Gasteiger partial charge in [0.05, 0.1) is 0 Å². The van der Waals surface area contributed by atoms with E-state index >= 15 is 0 Å². The van der Waals surface area contributed by atoms with E-state index in [2.05, 4.69) is 0 Å². The SMILES string of the molecule is CCC1CC(=O)C1=O. The monoisotopic (exact) mass is 112 g/mol. The molecule has 1 atom stereocenters. The van der Waals surface area contributed by atoms with Crippen LogP contribution in [0.25, 0.3) is 0 Å². The molecule has 2 nitrogen and oxygen atoms in total. The van der Waals surface area contributed by atoms with E-state index in [1.54, 1.807) is 0 Å². The lowest BCUT2D eigenvalue weighted by molar-refractivity contribution is -0.146. The van der Waals surface area contributed by atoms with Gasteiger partial charge in [-0.05, 0) is 6.42 Å². The normalized spacial score (nSPS) is 27.9. The molecule has 0 amide bonds. The van der Waals surface area contributed by atoms with Crippen LogP contribution in [0.4, 0.5) is 0 Å². The van der Waals surface area contributed by atoms with Crippen molar-refractivity contribution in [3.8, 4) is 0 Å². The molecular formula is C6H8O2. The van der Waals surface area contributed by atoms with Crippen molar-refractivity contribution in [3.05, 3.63) is 0 Å². The highest BCUT2D eigenvalue weighted by atomic mass is 16.2. The Kier molecular flexibility index (Phi) is 1.16. The van der Waals surface area contributed by atoms with Crippen LogP contribution in [0.1, 0.15) is 19.8 Å². The molecule has 1 saturated carbocycles. The highest BCUT2D eigenvalue weighted by Gasteiger charge is 2.35. The number of Topliss-reactive ketones (excluding diaryl/α,β-unsaturated/α-hetero) is 2.